The molecule has 1 aromatic carbocycles. The number of aliphatic imine (C=N–C) groups is 1. The minimum absolute atomic E-state index is 0.247. The van der Waals surface area contributed by atoms with E-state index in [1.54, 1.807) is 24.3 Å². The number of nitrogens with one attached hydrogen (secondary N) is 1. The molecule has 0 bridgehead atoms. The zero-order valence-corrected chi connectivity index (χ0v) is 14.4. The third-order valence-electron chi connectivity index (χ3n) is 2.57. The van der Waals surface area contributed by atoms with Gasteiger partial charge in [-0.2, -0.15) is 4.99 Å². The first kappa shape index (κ1) is 17.6. The molecule has 8 heteroatoms. The summed E-state index contributed by atoms with van der Waals surface area (Å²) in [6.07, 6.45) is 3.18. The van der Waals surface area contributed by atoms with Crippen LogP contribution in [0.15, 0.2) is 34.7 Å². The second kappa shape index (κ2) is 7.68. The predicted molar refractivity (Wildman–Crippen MR) is 94.0 cm³/mol. The highest BCUT2D eigenvalue weighted by atomic mass is 35.5. The lowest BCUT2D eigenvalue weighted by molar-refractivity contribution is -0.117. The number of carbonyl (C=O) groups is 2. The van der Waals surface area contributed by atoms with Gasteiger partial charge in [-0.05, 0) is 35.5 Å². The molecule has 2 rings (SSSR count). The lowest BCUT2D eigenvalue weighted by Crippen LogP contribution is -2.23. The first-order valence-electron chi connectivity index (χ1n) is 6.43. The quantitative estimate of drug-likeness (QED) is 0.648. The Labute approximate surface area is 147 Å². The van der Waals surface area contributed by atoms with Gasteiger partial charge in [-0.15, -0.1) is 0 Å². The van der Waals surface area contributed by atoms with Gasteiger partial charge in [0, 0.05) is 6.92 Å². The number of amidine groups is 1. The number of ether oxygens (including phenoxy) is 1. The van der Waals surface area contributed by atoms with E-state index in [4.69, 9.17) is 27.9 Å². The molecule has 1 aliphatic heterocycles. The zero-order valence-electron chi connectivity index (χ0n) is 12.1. The molecule has 0 fully saturated rings. The average molecular weight is 371 g/mol. The maximum Gasteiger partial charge on any atom is 0.286 e. The van der Waals surface area contributed by atoms with Gasteiger partial charge in [-0.1, -0.05) is 35.9 Å². The molecule has 1 heterocycles. The summed E-state index contributed by atoms with van der Waals surface area (Å²) in [5, 5.41) is 3.37. The molecule has 0 aromatic heterocycles. The lowest BCUT2D eigenvalue weighted by atomic mass is 10.2. The predicted octanol–water partition coefficient (Wildman–Crippen LogP) is 3.66. The Morgan fingerprint density at radius 1 is 1.43 bits per heavy atom. The molecule has 2 amide bonds. The fourth-order valence-electron chi connectivity index (χ4n) is 1.71. The van der Waals surface area contributed by atoms with Gasteiger partial charge < -0.3 is 10.1 Å². The van der Waals surface area contributed by atoms with Crippen molar-refractivity contribution in [3.63, 3.8) is 0 Å². The number of halogens is 2. The van der Waals surface area contributed by atoms with Crippen LogP contribution in [0.5, 0.6) is 5.75 Å². The average Bonchev–Trinajstić information content (AvgIpc) is 2.77. The number of carbonyl (C=O) groups excluding carboxylic acids is 2. The molecule has 120 valence electrons. The molecule has 0 aliphatic carbocycles. The Morgan fingerprint density at radius 2 is 2.09 bits per heavy atom. The second-order valence-electron chi connectivity index (χ2n) is 4.43. The van der Waals surface area contributed by atoms with Crippen LogP contribution in [0, 0.1) is 0 Å². The monoisotopic (exact) mass is 370 g/mol. The van der Waals surface area contributed by atoms with Crippen LogP contribution in [0.3, 0.4) is 0 Å². The van der Waals surface area contributed by atoms with Crippen LogP contribution in [0.1, 0.15) is 12.5 Å². The number of thioether (sulfide) groups is 1. The fraction of sp³-hybridized carbons (Fsp3) is 0.133. The largest absolute Gasteiger partial charge is 0.486 e. The van der Waals surface area contributed by atoms with Gasteiger partial charge in [0.2, 0.25) is 5.91 Å². The van der Waals surface area contributed by atoms with Crippen molar-refractivity contribution >= 4 is 58.0 Å². The van der Waals surface area contributed by atoms with Gasteiger partial charge in [0.1, 0.15) is 6.61 Å². The fourth-order valence-corrected chi connectivity index (χ4v) is 3.18. The summed E-state index contributed by atoms with van der Waals surface area (Å²) in [4.78, 5) is 26.9. The molecule has 0 spiro atoms. The van der Waals surface area contributed by atoms with E-state index in [-0.39, 0.29) is 17.7 Å². The summed E-state index contributed by atoms with van der Waals surface area (Å²) in [5.74, 6) is -0.367. The summed E-state index contributed by atoms with van der Waals surface area (Å²) < 4.78 is 5.38. The second-order valence-corrected chi connectivity index (χ2v) is 6.27. The Balaban J connectivity index is 2.22. The molecule has 0 saturated carbocycles. The van der Waals surface area contributed by atoms with Crippen LogP contribution >= 0.6 is 35.0 Å². The van der Waals surface area contributed by atoms with E-state index in [2.05, 4.69) is 16.9 Å². The Morgan fingerprint density at radius 3 is 2.65 bits per heavy atom. The maximum absolute atomic E-state index is 11.8. The first-order valence-corrected chi connectivity index (χ1v) is 8.01. The highest BCUT2D eigenvalue weighted by Gasteiger charge is 2.22. The van der Waals surface area contributed by atoms with Crippen LogP contribution in [0.4, 0.5) is 0 Å². The highest BCUT2D eigenvalue weighted by Crippen LogP contribution is 2.36. The molecule has 1 aliphatic rings. The Kier molecular flexibility index (Phi) is 5.87. The molecule has 1 N–H and O–H groups in total. The van der Waals surface area contributed by atoms with Gasteiger partial charge in [0.15, 0.2) is 10.9 Å². The molecular formula is C15H12Cl2N2O3S. The standard InChI is InChI=1S/C15H12Cl2N2O3S/c1-3-4-22-13-10(16)5-9(6-11(13)17)7-12-14(21)19-15(23-12)18-8(2)20/h3,5-7H,1,4H2,2H3,(H,18,19,20,21)/b12-7+. The van der Waals surface area contributed by atoms with Gasteiger partial charge in [0.25, 0.3) is 5.91 Å². The first-order chi connectivity index (χ1) is 10.9. The van der Waals surface area contributed by atoms with Crippen molar-refractivity contribution in [3.8, 4) is 5.75 Å². The molecule has 0 atom stereocenters. The van der Waals surface area contributed by atoms with E-state index in [9.17, 15) is 9.59 Å². The number of hydrogen-bond acceptors (Lipinski definition) is 4. The van der Waals surface area contributed by atoms with E-state index in [0.29, 0.717) is 26.3 Å². The minimum Gasteiger partial charge on any atom is -0.486 e. The SMILES string of the molecule is C=CCOc1c(Cl)cc(/C=C2/SC(NC(C)=O)=NC2=O)cc1Cl. The smallest absolute Gasteiger partial charge is 0.286 e. The van der Waals surface area contributed by atoms with Gasteiger partial charge in [-0.25, -0.2) is 0 Å². The molecule has 0 unspecified atom stereocenters. The highest BCUT2D eigenvalue weighted by molar-refractivity contribution is 8.18. The van der Waals surface area contributed by atoms with Crippen molar-refractivity contribution in [1.29, 1.82) is 0 Å². The van der Waals surface area contributed by atoms with Crippen molar-refractivity contribution in [3.05, 3.63) is 45.3 Å². The van der Waals surface area contributed by atoms with Crippen LogP contribution in [0.2, 0.25) is 10.0 Å². The number of benzene rings is 1. The molecule has 23 heavy (non-hydrogen) atoms. The van der Waals surface area contributed by atoms with Gasteiger partial charge in [-0.3, -0.25) is 9.59 Å². The van der Waals surface area contributed by atoms with E-state index in [1.807, 2.05) is 0 Å². The molecule has 5 nitrogen and oxygen atoms in total. The van der Waals surface area contributed by atoms with Crippen LogP contribution in [-0.2, 0) is 9.59 Å². The van der Waals surface area contributed by atoms with E-state index in [1.165, 1.54) is 6.92 Å². The third-order valence-corrected chi connectivity index (χ3v) is 4.03. The lowest BCUT2D eigenvalue weighted by Gasteiger charge is -2.09. The van der Waals surface area contributed by atoms with E-state index in [0.717, 1.165) is 11.8 Å². The van der Waals surface area contributed by atoms with Crippen LogP contribution < -0.4 is 10.1 Å². The Hall–Kier alpha value is -1.76. The van der Waals surface area contributed by atoms with Gasteiger partial charge in [0.05, 0.1) is 15.0 Å². The minimum atomic E-state index is -0.432. The van der Waals surface area contributed by atoms with Gasteiger partial charge >= 0.3 is 0 Å². The number of rotatable bonds is 4. The van der Waals surface area contributed by atoms with Crippen molar-refractivity contribution in [1.82, 2.24) is 5.32 Å². The van der Waals surface area contributed by atoms with Crippen molar-refractivity contribution in [2.75, 3.05) is 6.61 Å². The summed E-state index contributed by atoms with van der Waals surface area (Å²) >= 11 is 13.3. The molecule has 1 aromatic rings. The van der Waals surface area contributed by atoms with Crippen molar-refractivity contribution in [2.24, 2.45) is 4.99 Å². The summed E-state index contributed by atoms with van der Waals surface area (Å²) in [7, 11) is 0. The normalized spacial score (nSPS) is 15.5. The van der Waals surface area contributed by atoms with Crippen molar-refractivity contribution in [2.45, 2.75) is 6.92 Å². The molecule has 0 saturated heterocycles. The number of amides is 2. The van der Waals surface area contributed by atoms with E-state index < -0.39 is 5.91 Å². The summed E-state index contributed by atoms with van der Waals surface area (Å²) in [5.41, 5.74) is 0.626. The number of nitrogens with zero attached hydrogens (tertiary/aromatic N) is 1. The zero-order chi connectivity index (χ0) is 17.0. The van der Waals surface area contributed by atoms with E-state index >= 15 is 0 Å². The molecular weight excluding hydrogens is 359 g/mol. The molecule has 0 radical (unpaired) electrons. The maximum atomic E-state index is 11.8. The van der Waals surface area contributed by atoms with Crippen LogP contribution in [0.25, 0.3) is 6.08 Å². The third kappa shape index (κ3) is 4.60. The van der Waals surface area contributed by atoms with Crippen molar-refractivity contribution < 1.29 is 14.3 Å². The van der Waals surface area contributed by atoms with Crippen LogP contribution in [-0.4, -0.2) is 23.6 Å². The Bertz CT molecular complexity index is 721. The topological polar surface area (TPSA) is 67.8 Å². The number of hydrogen-bond donors (Lipinski definition) is 1. The summed E-state index contributed by atoms with van der Waals surface area (Å²) in [6.45, 7) is 5.18. The summed E-state index contributed by atoms with van der Waals surface area (Å²) in [6, 6.07) is 3.26.